The largest absolute Gasteiger partial charge is 0.427 e. The van der Waals surface area contributed by atoms with Crippen LogP contribution in [0.15, 0.2) is 0 Å². The lowest BCUT2D eigenvalue weighted by atomic mass is 11.5. The summed E-state index contributed by atoms with van der Waals surface area (Å²) in [5, 5.41) is 0. The SMILES string of the molecule is NP(C(F)(F)F)C(F)(F)F. The summed E-state index contributed by atoms with van der Waals surface area (Å²) in [6.45, 7) is 0. The van der Waals surface area contributed by atoms with Crippen LogP contribution in [0.1, 0.15) is 0 Å². The molecule has 0 saturated heterocycles. The van der Waals surface area contributed by atoms with Crippen LogP contribution in [0, 0.1) is 0 Å². The average Bonchev–Trinajstić information content (AvgIpc) is 1.59. The third kappa shape index (κ3) is 2.70. The second-order valence-electron chi connectivity index (χ2n) is 1.31. The van der Waals surface area contributed by atoms with E-state index in [0.29, 0.717) is 0 Å². The van der Waals surface area contributed by atoms with Crippen molar-refractivity contribution >= 4 is 8.07 Å². The van der Waals surface area contributed by atoms with Gasteiger partial charge >= 0.3 is 11.8 Å². The van der Waals surface area contributed by atoms with Crippen molar-refractivity contribution < 1.29 is 26.3 Å². The highest BCUT2D eigenvalue weighted by atomic mass is 31.1. The minimum Gasteiger partial charge on any atom is -0.295 e. The summed E-state index contributed by atoms with van der Waals surface area (Å²) in [6, 6.07) is 0. The van der Waals surface area contributed by atoms with E-state index in [2.05, 4.69) is 5.50 Å². The molecule has 0 spiro atoms. The first-order valence-corrected chi connectivity index (χ1v) is 3.25. The maximum atomic E-state index is 11.1. The van der Waals surface area contributed by atoms with Crippen LogP contribution in [-0.4, -0.2) is 11.8 Å². The maximum Gasteiger partial charge on any atom is 0.427 e. The quantitative estimate of drug-likeness (QED) is 0.455. The van der Waals surface area contributed by atoms with Crippen LogP contribution in [0.25, 0.3) is 0 Å². The molecule has 0 rings (SSSR count). The molecule has 0 fully saturated rings. The summed E-state index contributed by atoms with van der Waals surface area (Å²) < 4.78 is 66.8. The van der Waals surface area contributed by atoms with Gasteiger partial charge < -0.3 is 0 Å². The maximum absolute atomic E-state index is 11.1. The zero-order chi connectivity index (χ0) is 8.58. The molecule has 0 aliphatic heterocycles. The van der Waals surface area contributed by atoms with E-state index in [9.17, 15) is 26.3 Å². The van der Waals surface area contributed by atoms with Gasteiger partial charge in [-0.1, -0.05) is 0 Å². The molecule has 0 radical (unpaired) electrons. The van der Waals surface area contributed by atoms with Crippen molar-refractivity contribution in [2.75, 3.05) is 0 Å². The molecule has 0 aliphatic rings. The molecule has 10 heavy (non-hydrogen) atoms. The van der Waals surface area contributed by atoms with Crippen molar-refractivity contribution in [2.45, 2.75) is 11.8 Å². The van der Waals surface area contributed by atoms with Gasteiger partial charge in [0.15, 0.2) is 8.07 Å². The molecule has 0 aromatic heterocycles. The predicted molar refractivity (Wildman–Crippen MR) is 23.2 cm³/mol. The first-order chi connectivity index (χ1) is 4.15. The van der Waals surface area contributed by atoms with Gasteiger partial charge in [0.05, 0.1) is 0 Å². The molecule has 0 heterocycles. The van der Waals surface area contributed by atoms with Crippen molar-refractivity contribution in [2.24, 2.45) is 5.50 Å². The van der Waals surface area contributed by atoms with Gasteiger partial charge in [0.2, 0.25) is 0 Å². The Labute approximate surface area is 53.0 Å². The molecular formula is C2H2F6NP. The van der Waals surface area contributed by atoms with Crippen LogP contribution >= 0.6 is 8.07 Å². The molecular weight excluding hydrogens is 183 g/mol. The Morgan fingerprint density at radius 1 is 0.800 bits per heavy atom. The summed E-state index contributed by atoms with van der Waals surface area (Å²) in [6.07, 6.45) is 0. The van der Waals surface area contributed by atoms with E-state index in [1.807, 2.05) is 0 Å². The molecule has 2 N–H and O–H groups in total. The van der Waals surface area contributed by atoms with Crippen molar-refractivity contribution in [3.05, 3.63) is 0 Å². The molecule has 1 nitrogen and oxygen atoms in total. The van der Waals surface area contributed by atoms with Gasteiger partial charge in [0.25, 0.3) is 0 Å². The van der Waals surface area contributed by atoms with Crippen molar-refractivity contribution in [3.63, 3.8) is 0 Å². The molecule has 0 aliphatic carbocycles. The number of hydrogen-bond donors (Lipinski definition) is 1. The van der Waals surface area contributed by atoms with Crippen LogP contribution in [0.5, 0.6) is 0 Å². The van der Waals surface area contributed by atoms with Gasteiger partial charge in [-0.25, -0.2) is 0 Å². The van der Waals surface area contributed by atoms with E-state index >= 15 is 0 Å². The third-order valence-corrected chi connectivity index (χ3v) is 1.64. The molecule has 8 heteroatoms. The van der Waals surface area contributed by atoms with Crippen molar-refractivity contribution in [1.29, 1.82) is 0 Å². The molecule has 0 aromatic rings. The molecule has 0 bridgehead atoms. The van der Waals surface area contributed by atoms with Crippen LogP contribution in [-0.2, 0) is 0 Å². The Hall–Kier alpha value is -0.0300. The number of alkyl halides is 6. The fourth-order valence-corrected chi connectivity index (χ4v) is 0.431. The number of rotatable bonds is 0. The summed E-state index contributed by atoms with van der Waals surface area (Å²) in [4.78, 5) is 0. The number of halogens is 6. The van der Waals surface area contributed by atoms with Crippen molar-refractivity contribution in [1.82, 2.24) is 0 Å². The summed E-state index contributed by atoms with van der Waals surface area (Å²) in [5.74, 6) is -10.7. The van der Waals surface area contributed by atoms with Crippen LogP contribution < -0.4 is 5.50 Å². The monoisotopic (exact) mass is 185 g/mol. The fourth-order valence-electron chi connectivity index (χ4n) is 0.144. The Bertz CT molecular complexity index is 99.9. The first kappa shape index (κ1) is 9.97. The lowest BCUT2D eigenvalue weighted by molar-refractivity contribution is -0.0834. The van der Waals surface area contributed by atoms with Gasteiger partial charge in [-0.05, 0) is 0 Å². The molecule has 0 saturated carbocycles. The molecule has 0 aromatic carbocycles. The smallest absolute Gasteiger partial charge is 0.295 e. The highest BCUT2D eigenvalue weighted by molar-refractivity contribution is 7.57. The second kappa shape index (κ2) is 2.54. The summed E-state index contributed by atoms with van der Waals surface area (Å²) in [7, 11) is -4.36. The fraction of sp³-hybridized carbons (Fsp3) is 1.00. The molecule has 0 unspecified atom stereocenters. The van der Waals surface area contributed by atoms with E-state index in [-0.39, 0.29) is 0 Å². The third-order valence-electron chi connectivity index (χ3n) is 0.546. The zero-order valence-corrected chi connectivity index (χ0v) is 5.19. The Kier molecular flexibility index (Phi) is 2.53. The van der Waals surface area contributed by atoms with Crippen LogP contribution in [0.4, 0.5) is 26.3 Å². The van der Waals surface area contributed by atoms with Gasteiger partial charge in [-0.3, -0.25) is 5.50 Å². The average molecular weight is 185 g/mol. The van der Waals surface area contributed by atoms with Gasteiger partial charge in [-0.2, -0.15) is 26.3 Å². The topological polar surface area (TPSA) is 26.0 Å². The van der Waals surface area contributed by atoms with Gasteiger partial charge in [0.1, 0.15) is 0 Å². The Balaban J connectivity index is 4.23. The zero-order valence-electron chi connectivity index (χ0n) is 4.29. The van der Waals surface area contributed by atoms with E-state index in [4.69, 9.17) is 0 Å². The lowest BCUT2D eigenvalue weighted by Crippen LogP contribution is -2.22. The minimum absolute atomic E-state index is 3.84. The van der Waals surface area contributed by atoms with Crippen LogP contribution in [0.2, 0.25) is 0 Å². The minimum atomic E-state index is -5.34. The van der Waals surface area contributed by atoms with Crippen molar-refractivity contribution in [3.8, 4) is 0 Å². The summed E-state index contributed by atoms with van der Waals surface area (Å²) in [5.41, 5.74) is 3.84. The number of hydrogen-bond acceptors (Lipinski definition) is 1. The standard InChI is InChI=1S/C2H2F6NP/c3-1(4,5)10(9)2(6,7)8/h9H2. The van der Waals surface area contributed by atoms with E-state index in [1.165, 1.54) is 0 Å². The highest BCUT2D eigenvalue weighted by Crippen LogP contribution is 2.58. The second-order valence-corrected chi connectivity index (χ2v) is 3.06. The number of nitrogens with two attached hydrogens (primary N) is 1. The van der Waals surface area contributed by atoms with Gasteiger partial charge in [0, 0.05) is 0 Å². The highest BCUT2D eigenvalue weighted by Gasteiger charge is 2.54. The summed E-state index contributed by atoms with van der Waals surface area (Å²) >= 11 is 0. The molecule has 0 amide bonds. The van der Waals surface area contributed by atoms with E-state index < -0.39 is 19.9 Å². The Morgan fingerprint density at radius 2 is 1.00 bits per heavy atom. The van der Waals surface area contributed by atoms with Gasteiger partial charge in [-0.15, -0.1) is 0 Å². The van der Waals surface area contributed by atoms with E-state index in [0.717, 1.165) is 0 Å². The first-order valence-electron chi connectivity index (χ1n) is 1.84. The molecule has 0 atom stereocenters. The van der Waals surface area contributed by atoms with E-state index in [1.54, 1.807) is 0 Å². The van der Waals surface area contributed by atoms with Crippen LogP contribution in [0.3, 0.4) is 0 Å². The molecule has 62 valence electrons. The predicted octanol–water partition coefficient (Wildman–Crippen LogP) is 2.38. The lowest BCUT2D eigenvalue weighted by Gasteiger charge is -2.17. The normalized spacial score (nSPS) is 14.4. The Morgan fingerprint density at radius 3 is 1.00 bits per heavy atom.